The van der Waals surface area contributed by atoms with E-state index in [2.05, 4.69) is 9.98 Å². The van der Waals surface area contributed by atoms with Gasteiger partial charge in [-0.05, 0) is 24.3 Å². The van der Waals surface area contributed by atoms with Crippen LogP contribution in [-0.2, 0) is 9.53 Å². The lowest BCUT2D eigenvalue weighted by atomic mass is 10.1. The third kappa shape index (κ3) is 3.22. The fourth-order valence-corrected chi connectivity index (χ4v) is 2.09. The van der Waals surface area contributed by atoms with Crippen molar-refractivity contribution >= 4 is 29.3 Å². The minimum absolute atomic E-state index is 0.0821. The number of carbonyl (C=O) groups is 1. The lowest BCUT2D eigenvalue weighted by molar-refractivity contribution is -0.394. The van der Waals surface area contributed by atoms with Crippen molar-refractivity contribution in [2.45, 2.75) is 0 Å². The van der Waals surface area contributed by atoms with Crippen LogP contribution in [0.4, 0.5) is 11.4 Å². The number of hydrogen-bond acceptors (Lipinski definition) is 8. The van der Waals surface area contributed by atoms with Crippen LogP contribution in [0.5, 0.6) is 0 Å². The Labute approximate surface area is 139 Å². The maximum atomic E-state index is 11.9. The molecule has 2 aromatic rings. The highest BCUT2D eigenvalue weighted by molar-refractivity contribution is 6.14. The number of rotatable bonds is 4. The molecule has 0 amide bonds. The van der Waals surface area contributed by atoms with Gasteiger partial charge in [0.05, 0.1) is 21.6 Å². The fourth-order valence-electron chi connectivity index (χ4n) is 2.09. The van der Waals surface area contributed by atoms with E-state index in [1.165, 1.54) is 12.3 Å². The molecular weight excluding hydrogens is 332 g/mol. The van der Waals surface area contributed by atoms with E-state index in [-0.39, 0.29) is 17.2 Å². The molecular formula is C15H8N4O6. The molecule has 1 aliphatic rings. The van der Waals surface area contributed by atoms with E-state index >= 15 is 0 Å². The van der Waals surface area contributed by atoms with E-state index < -0.39 is 27.2 Å². The number of nitrogens with zero attached hydrogens (tertiary/aromatic N) is 4. The monoisotopic (exact) mass is 340 g/mol. The Kier molecular flexibility index (Phi) is 4.00. The maximum absolute atomic E-state index is 11.9. The van der Waals surface area contributed by atoms with Crippen LogP contribution in [-0.4, -0.2) is 26.7 Å². The lowest BCUT2D eigenvalue weighted by Crippen LogP contribution is -2.08. The molecule has 124 valence electrons. The number of nitro benzene ring substituents is 2. The van der Waals surface area contributed by atoms with Gasteiger partial charge in [-0.3, -0.25) is 25.2 Å². The molecule has 0 bridgehead atoms. The van der Waals surface area contributed by atoms with Gasteiger partial charge in [-0.15, -0.1) is 0 Å². The predicted octanol–water partition coefficient (Wildman–Crippen LogP) is 2.24. The summed E-state index contributed by atoms with van der Waals surface area (Å²) in [4.78, 5) is 40.2. The van der Waals surface area contributed by atoms with Gasteiger partial charge in [0.1, 0.15) is 5.56 Å². The number of nitro groups is 2. The van der Waals surface area contributed by atoms with Crippen molar-refractivity contribution in [2.24, 2.45) is 4.99 Å². The Balaban J connectivity index is 2.04. The number of hydrogen-bond donors (Lipinski definition) is 0. The summed E-state index contributed by atoms with van der Waals surface area (Å²) in [6.07, 6.45) is 2.89. The lowest BCUT2D eigenvalue weighted by Gasteiger charge is -2.01. The van der Waals surface area contributed by atoms with Gasteiger partial charge in [0.15, 0.2) is 5.70 Å². The minimum atomic E-state index is -0.806. The molecule has 0 unspecified atom stereocenters. The van der Waals surface area contributed by atoms with Crippen molar-refractivity contribution in [3.8, 4) is 0 Å². The molecule has 0 N–H and O–H groups in total. The highest BCUT2D eigenvalue weighted by Crippen LogP contribution is 2.28. The zero-order valence-electron chi connectivity index (χ0n) is 12.4. The topological polar surface area (TPSA) is 138 Å². The molecule has 0 radical (unpaired) electrons. The molecule has 0 saturated carbocycles. The second-order valence-electron chi connectivity index (χ2n) is 4.81. The largest absolute Gasteiger partial charge is 0.402 e. The third-order valence-corrected chi connectivity index (χ3v) is 3.21. The molecule has 10 heteroatoms. The van der Waals surface area contributed by atoms with E-state index in [1.807, 2.05) is 0 Å². The van der Waals surface area contributed by atoms with E-state index in [0.29, 0.717) is 5.69 Å². The van der Waals surface area contributed by atoms with E-state index in [1.54, 1.807) is 18.2 Å². The smallest absolute Gasteiger partial charge is 0.363 e. The first-order valence-electron chi connectivity index (χ1n) is 6.82. The molecule has 25 heavy (non-hydrogen) atoms. The normalized spacial score (nSPS) is 15.0. The number of ether oxygens (including phenoxy) is 1. The van der Waals surface area contributed by atoms with Crippen molar-refractivity contribution in [3.63, 3.8) is 0 Å². The average molecular weight is 340 g/mol. The van der Waals surface area contributed by atoms with Crippen molar-refractivity contribution in [3.05, 3.63) is 79.8 Å². The Morgan fingerprint density at radius 2 is 1.88 bits per heavy atom. The Morgan fingerprint density at radius 3 is 2.52 bits per heavy atom. The molecule has 0 atom stereocenters. The zero-order valence-corrected chi connectivity index (χ0v) is 12.4. The number of benzene rings is 1. The van der Waals surface area contributed by atoms with Crippen molar-refractivity contribution in [2.75, 3.05) is 0 Å². The van der Waals surface area contributed by atoms with Crippen molar-refractivity contribution in [1.82, 2.24) is 4.98 Å². The van der Waals surface area contributed by atoms with Crippen LogP contribution in [0, 0.1) is 20.2 Å². The summed E-state index contributed by atoms with van der Waals surface area (Å²) in [5, 5.41) is 21.9. The molecule has 10 nitrogen and oxygen atoms in total. The number of aromatic nitrogens is 1. The first-order valence-corrected chi connectivity index (χ1v) is 6.82. The summed E-state index contributed by atoms with van der Waals surface area (Å²) in [5.74, 6) is -1.10. The summed E-state index contributed by atoms with van der Waals surface area (Å²) in [6.45, 7) is 0. The molecule has 0 saturated heterocycles. The molecule has 0 fully saturated rings. The summed E-state index contributed by atoms with van der Waals surface area (Å²) in [5.41, 5.74) is -0.795. The second-order valence-corrected chi connectivity index (χ2v) is 4.81. The van der Waals surface area contributed by atoms with Gasteiger partial charge in [0, 0.05) is 12.3 Å². The van der Waals surface area contributed by atoms with Crippen molar-refractivity contribution in [1.29, 1.82) is 0 Å². The van der Waals surface area contributed by atoms with Gasteiger partial charge in [-0.25, -0.2) is 9.79 Å². The number of cyclic esters (lactones) is 1. The summed E-state index contributed by atoms with van der Waals surface area (Å²) >= 11 is 0. The van der Waals surface area contributed by atoms with Gasteiger partial charge in [-0.1, -0.05) is 6.07 Å². The molecule has 2 heterocycles. The van der Waals surface area contributed by atoms with Crippen LogP contribution in [0.25, 0.3) is 6.08 Å². The van der Waals surface area contributed by atoms with Crippen LogP contribution < -0.4 is 0 Å². The first kappa shape index (κ1) is 15.9. The Morgan fingerprint density at radius 1 is 1.08 bits per heavy atom. The third-order valence-electron chi connectivity index (χ3n) is 3.21. The zero-order chi connectivity index (χ0) is 18.0. The number of pyridine rings is 1. The molecule has 1 aromatic heterocycles. The highest BCUT2D eigenvalue weighted by atomic mass is 16.6. The van der Waals surface area contributed by atoms with E-state index in [9.17, 15) is 25.0 Å². The summed E-state index contributed by atoms with van der Waals surface area (Å²) in [6, 6.07) is 8.02. The number of non-ortho nitro benzene ring substituents is 1. The molecule has 1 aromatic carbocycles. The quantitative estimate of drug-likeness (QED) is 0.360. The summed E-state index contributed by atoms with van der Waals surface area (Å²) < 4.78 is 4.96. The predicted molar refractivity (Wildman–Crippen MR) is 84.6 cm³/mol. The number of esters is 1. The van der Waals surface area contributed by atoms with Crippen LogP contribution in [0.15, 0.2) is 53.3 Å². The minimum Gasteiger partial charge on any atom is -0.402 e. The fraction of sp³-hybridized carbons (Fsp3) is 0. The van der Waals surface area contributed by atoms with Crippen LogP contribution >= 0.6 is 0 Å². The Hall–Kier alpha value is -3.95. The average Bonchev–Trinajstić information content (AvgIpc) is 2.95. The molecule has 1 aliphatic heterocycles. The van der Waals surface area contributed by atoms with Crippen LogP contribution in [0.2, 0.25) is 0 Å². The molecule has 0 spiro atoms. The van der Waals surface area contributed by atoms with Gasteiger partial charge in [-0.2, -0.15) is 0 Å². The Bertz CT molecular complexity index is 952. The number of carbonyl (C=O) groups excluding carboxylic acids is 1. The standard InChI is InChI=1S/C15H8N4O6/c20-15-12(7-9-3-1-2-6-16-9)17-14(25-15)11-5-4-10(18(21)22)8-13(11)19(23)24/h1-8H/b12-7+. The van der Waals surface area contributed by atoms with Crippen LogP contribution in [0.3, 0.4) is 0 Å². The van der Waals surface area contributed by atoms with E-state index in [0.717, 1.165) is 18.2 Å². The van der Waals surface area contributed by atoms with Gasteiger partial charge >= 0.3 is 5.97 Å². The maximum Gasteiger partial charge on any atom is 0.363 e. The highest BCUT2D eigenvalue weighted by Gasteiger charge is 2.30. The van der Waals surface area contributed by atoms with Crippen molar-refractivity contribution < 1.29 is 19.4 Å². The van der Waals surface area contributed by atoms with Gasteiger partial charge in [0.25, 0.3) is 11.4 Å². The molecule has 3 rings (SSSR count). The van der Waals surface area contributed by atoms with Gasteiger partial charge < -0.3 is 4.74 Å². The molecule has 0 aliphatic carbocycles. The number of aliphatic imine (C=N–C) groups is 1. The summed E-state index contributed by atoms with van der Waals surface area (Å²) in [7, 11) is 0. The van der Waals surface area contributed by atoms with E-state index in [4.69, 9.17) is 4.74 Å². The van der Waals surface area contributed by atoms with Gasteiger partial charge in [0.2, 0.25) is 5.90 Å². The second kappa shape index (κ2) is 6.28. The SMILES string of the molecule is O=C1OC(c2ccc([N+](=O)[O-])cc2[N+](=O)[O-])=N/C1=C/c1ccccn1. The first-order chi connectivity index (χ1) is 12.0. The van der Waals surface area contributed by atoms with Crippen LogP contribution in [0.1, 0.15) is 11.3 Å².